The van der Waals surface area contributed by atoms with Gasteiger partial charge in [0, 0.05) is 46.9 Å². The highest BCUT2D eigenvalue weighted by molar-refractivity contribution is 6.05. The van der Waals surface area contributed by atoms with E-state index in [0.717, 1.165) is 29.7 Å². The fourth-order valence-electron chi connectivity index (χ4n) is 3.63. The highest BCUT2D eigenvalue weighted by atomic mass is 17.2. The molecule has 5 rings (SSSR count). The van der Waals surface area contributed by atoms with Crippen molar-refractivity contribution >= 4 is 23.2 Å². The molecular weight excluding hydrogens is 408 g/mol. The number of nitrogens with zero attached hydrogens (tertiary/aromatic N) is 3. The summed E-state index contributed by atoms with van der Waals surface area (Å²) in [4.78, 5) is 39.3. The molecule has 0 spiro atoms. The smallest absolute Gasteiger partial charge is 0.273 e. The van der Waals surface area contributed by atoms with E-state index < -0.39 is 0 Å². The van der Waals surface area contributed by atoms with Crippen LogP contribution in [0.3, 0.4) is 0 Å². The van der Waals surface area contributed by atoms with E-state index in [1.807, 2.05) is 18.2 Å². The van der Waals surface area contributed by atoms with Crippen LogP contribution in [-0.2, 0) is 11.5 Å². The molecule has 8 heteroatoms. The average Bonchev–Trinajstić information content (AvgIpc) is 3.33. The number of carbonyl (C=O) groups excluding carboxylic acids is 2. The maximum absolute atomic E-state index is 13.0. The van der Waals surface area contributed by atoms with Crippen molar-refractivity contribution in [1.82, 2.24) is 9.99 Å². The molecular formula is C24H20N4O4. The summed E-state index contributed by atoms with van der Waals surface area (Å²) in [5, 5.41) is 8.90. The van der Waals surface area contributed by atoms with Gasteiger partial charge in [-0.2, -0.15) is 9.99 Å². The van der Waals surface area contributed by atoms with Crippen molar-refractivity contribution in [3.63, 3.8) is 0 Å². The first-order valence-corrected chi connectivity index (χ1v) is 10.3. The minimum absolute atomic E-state index is 0.185. The minimum atomic E-state index is -0.236. The minimum Gasteiger partial charge on any atom is -0.337 e. The average molecular weight is 428 g/mol. The van der Waals surface area contributed by atoms with Gasteiger partial charge in [0.25, 0.3) is 11.8 Å². The van der Waals surface area contributed by atoms with Crippen molar-refractivity contribution in [3.05, 3.63) is 89.2 Å². The predicted molar refractivity (Wildman–Crippen MR) is 117 cm³/mol. The van der Waals surface area contributed by atoms with Gasteiger partial charge in [-0.1, -0.05) is 12.1 Å². The fourth-order valence-corrected chi connectivity index (χ4v) is 3.63. The first-order chi connectivity index (χ1) is 15.7. The molecule has 0 aliphatic carbocycles. The normalized spacial score (nSPS) is 14.9. The van der Waals surface area contributed by atoms with E-state index in [2.05, 4.69) is 15.4 Å². The van der Waals surface area contributed by atoms with Crippen molar-refractivity contribution in [2.75, 3.05) is 11.9 Å². The van der Waals surface area contributed by atoms with Gasteiger partial charge in [0.15, 0.2) is 5.75 Å². The summed E-state index contributed by atoms with van der Waals surface area (Å²) < 4.78 is 0. The number of rotatable bonds is 4. The summed E-state index contributed by atoms with van der Waals surface area (Å²) in [5.74, 6) is 0.272. The Balaban J connectivity index is 1.29. The number of hydrogen-bond acceptors (Lipinski definition) is 6. The monoisotopic (exact) mass is 428 g/mol. The molecule has 160 valence electrons. The topological polar surface area (TPSA) is 93.1 Å². The number of anilines is 1. The number of hydrazone groups is 1. The van der Waals surface area contributed by atoms with E-state index in [-0.39, 0.29) is 11.8 Å². The van der Waals surface area contributed by atoms with Crippen molar-refractivity contribution in [2.24, 2.45) is 5.10 Å². The molecule has 8 nitrogen and oxygen atoms in total. The number of hydrogen-bond donors (Lipinski definition) is 1. The van der Waals surface area contributed by atoms with Gasteiger partial charge in [0.05, 0.1) is 5.71 Å². The van der Waals surface area contributed by atoms with Gasteiger partial charge in [-0.05, 0) is 55.3 Å². The largest absolute Gasteiger partial charge is 0.337 e. The molecule has 3 heterocycles. The van der Waals surface area contributed by atoms with E-state index in [1.54, 1.807) is 48.8 Å². The molecule has 1 aromatic heterocycles. The van der Waals surface area contributed by atoms with E-state index in [0.29, 0.717) is 35.7 Å². The van der Waals surface area contributed by atoms with Crippen LogP contribution in [0.1, 0.15) is 44.7 Å². The molecule has 2 aliphatic rings. The van der Waals surface area contributed by atoms with Crippen molar-refractivity contribution in [3.8, 4) is 5.75 Å². The Labute approximate surface area is 184 Å². The lowest BCUT2D eigenvalue weighted by Gasteiger charge is -2.24. The lowest BCUT2D eigenvalue weighted by molar-refractivity contribution is -0.194. The highest BCUT2D eigenvalue weighted by Crippen LogP contribution is 2.28. The van der Waals surface area contributed by atoms with Crippen molar-refractivity contribution in [2.45, 2.75) is 19.4 Å². The summed E-state index contributed by atoms with van der Waals surface area (Å²) in [6, 6.07) is 15.9. The molecule has 2 aliphatic heterocycles. The van der Waals surface area contributed by atoms with E-state index in [4.69, 9.17) is 9.78 Å². The Morgan fingerprint density at radius 1 is 0.969 bits per heavy atom. The summed E-state index contributed by atoms with van der Waals surface area (Å²) in [7, 11) is 0. The molecule has 1 N–H and O–H groups in total. The van der Waals surface area contributed by atoms with Crippen LogP contribution in [-0.4, -0.2) is 34.1 Å². The molecule has 32 heavy (non-hydrogen) atoms. The first-order valence-electron chi connectivity index (χ1n) is 10.3. The lowest BCUT2D eigenvalue weighted by atomic mass is 10.0. The Bertz CT molecular complexity index is 1190. The van der Waals surface area contributed by atoms with Gasteiger partial charge in [-0.25, -0.2) is 5.01 Å². The third-order valence-electron chi connectivity index (χ3n) is 5.36. The number of carbonyl (C=O) groups is 2. The van der Waals surface area contributed by atoms with Crippen molar-refractivity contribution < 1.29 is 19.4 Å². The Morgan fingerprint density at radius 3 is 2.59 bits per heavy atom. The molecule has 2 aromatic carbocycles. The molecule has 0 saturated heterocycles. The van der Waals surface area contributed by atoms with Gasteiger partial charge in [-0.3, -0.25) is 14.6 Å². The number of aromatic nitrogens is 1. The van der Waals surface area contributed by atoms with Gasteiger partial charge in [0.2, 0.25) is 0 Å². The second-order valence-corrected chi connectivity index (χ2v) is 7.51. The molecule has 0 radical (unpaired) electrons. The van der Waals surface area contributed by atoms with Crippen LogP contribution in [0.15, 0.2) is 72.1 Å². The molecule has 0 atom stereocenters. The highest BCUT2D eigenvalue weighted by Gasteiger charge is 2.22. The Kier molecular flexibility index (Phi) is 5.35. The third kappa shape index (κ3) is 4.08. The van der Waals surface area contributed by atoms with Gasteiger partial charge >= 0.3 is 0 Å². The number of fused-ring (bicyclic) bond motifs is 1. The maximum Gasteiger partial charge on any atom is 0.273 e. The summed E-state index contributed by atoms with van der Waals surface area (Å²) in [5.41, 5.74) is 4.37. The maximum atomic E-state index is 13.0. The van der Waals surface area contributed by atoms with E-state index >= 15 is 0 Å². The van der Waals surface area contributed by atoms with Crippen LogP contribution in [0.2, 0.25) is 0 Å². The number of amides is 2. The number of nitrogens with one attached hydrogen (secondary N) is 1. The Morgan fingerprint density at radius 2 is 1.78 bits per heavy atom. The SMILES string of the molecule is O=C(Nc1ccc(C(=O)N2CCCC(c3ccc4c(c3)OOC4)=N2)cc1)c1ccncc1. The Hall–Kier alpha value is -4.04. The number of benzene rings is 2. The van der Waals surface area contributed by atoms with Crippen LogP contribution in [0.4, 0.5) is 5.69 Å². The number of pyridine rings is 1. The zero-order valence-electron chi connectivity index (χ0n) is 17.2. The van der Waals surface area contributed by atoms with Gasteiger partial charge in [0.1, 0.15) is 6.61 Å². The summed E-state index contributed by atoms with van der Waals surface area (Å²) >= 11 is 0. The second kappa shape index (κ2) is 8.60. The zero-order valence-corrected chi connectivity index (χ0v) is 17.2. The molecule has 0 unspecified atom stereocenters. The molecule has 2 amide bonds. The second-order valence-electron chi connectivity index (χ2n) is 7.51. The molecule has 0 saturated carbocycles. The van der Waals surface area contributed by atoms with Crippen LogP contribution < -0.4 is 10.2 Å². The van der Waals surface area contributed by atoms with Crippen LogP contribution >= 0.6 is 0 Å². The van der Waals surface area contributed by atoms with Gasteiger partial charge < -0.3 is 10.2 Å². The van der Waals surface area contributed by atoms with Crippen LogP contribution in [0.5, 0.6) is 5.75 Å². The standard InChI is InChI=1S/C24H20N4O4/c29-23(16-9-11-25-12-10-16)26-20-7-5-17(6-8-20)24(30)28-13-1-2-21(27-28)18-3-4-19-15-31-32-22(19)14-18/h3-12,14H,1-2,13,15H2,(H,26,29). The van der Waals surface area contributed by atoms with Gasteiger partial charge in [-0.15, -0.1) is 0 Å². The van der Waals surface area contributed by atoms with Crippen molar-refractivity contribution in [1.29, 1.82) is 0 Å². The van der Waals surface area contributed by atoms with Crippen LogP contribution in [0, 0.1) is 0 Å². The summed E-state index contributed by atoms with van der Waals surface area (Å²) in [6.45, 7) is 0.985. The summed E-state index contributed by atoms with van der Waals surface area (Å²) in [6.07, 6.45) is 4.73. The fraction of sp³-hybridized carbons (Fsp3) is 0.167. The molecule has 0 fully saturated rings. The predicted octanol–water partition coefficient (Wildman–Crippen LogP) is 3.80. The van der Waals surface area contributed by atoms with Crippen LogP contribution in [0.25, 0.3) is 0 Å². The molecule has 0 bridgehead atoms. The van der Waals surface area contributed by atoms with E-state index in [9.17, 15) is 9.59 Å². The first kappa shape index (κ1) is 19.9. The lowest BCUT2D eigenvalue weighted by Crippen LogP contribution is -2.32. The van der Waals surface area contributed by atoms with E-state index in [1.165, 1.54) is 5.01 Å². The quantitative estimate of drug-likeness (QED) is 0.638. The molecule has 3 aromatic rings. The third-order valence-corrected chi connectivity index (χ3v) is 5.36. The zero-order chi connectivity index (χ0) is 21.9.